The first kappa shape index (κ1) is 19.0. The van der Waals surface area contributed by atoms with Crippen LogP contribution >= 0.6 is 11.6 Å². The molecule has 0 saturated carbocycles. The largest absolute Gasteiger partial charge is 0.324 e. The van der Waals surface area contributed by atoms with Crippen molar-refractivity contribution in [1.82, 2.24) is 19.7 Å². The molecule has 5 rings (SSSR count). The van der Waals surface area contributed by atoms with Gasteiger partial charge in [0.05, 0.1) is 5.56 Å². The van der Waals surface area contributed by atoms with Crippen molar-refractivity contribution in [2.45, 2.75) is 6.04 Å². The average molecular weight is 429 g/mol. The van der Waals surface area contributed by atoms with Crippen molar-refractivity contribution < 1.29 is 4.79 Å². The van der Waals surface area contributed by atoms with Crippen molar-refractivity contribution in [2.75, 3.05) is 10.6 Å². The van der Waals surface area contributed by atoms with Crippen molar-refractivity contribution in [1.29, 1.82) is 0 Å². The number of nitrogens with zero attached hydrogens (tertiary/aromatic N) is 4. The van der Waals surface area contributed by atoms with Gasteiger partial charge in [0.2, 0.25) is 5.95 Å². The molecule has 1 atom stereocenters. The molecule has 0 saturated heterocycles. The fourth-order valence-electron chi connectivity index (χ4n) is 3.40. The Morgan fingerprint density at radius 3 is 2.58 bits per heavy atom. The van der Waals surface area contributed by atoms with E-state index in [1.165, 1.54) is 6.20 Å². The van der Waals surface area contributed by atoms with Gasteiger partial charge in [0.25, 0.3) is 11.9 Å². The third kappa shape index (κ3) is 3.91. The van der Waals surface area contributed by atoms with Crippen molar-refractivity contribution in [2.24, 2.45) is 0 Å². The van der Waals surface area contributed by atoms with Crippen LogP contribution in [0.1, 0.15) is 27.5 Å². The number of nitrogens with one attached hydrogen (secondary N) is 2. The Kier molecular flexibility index (Phi) is 4.93. The van der Waals surface area contributed by atoms with E-state index in [9.17, 15) is 4.79 Å². The Morgan fingerprint density at radius 2 is 1.84 bits per heavy atom. The van der Waals surface area contributed by atoms with Crippen LogP contribution in [0.15, 0.2) is 85.2 Å². The summed E-state index contributed by atoms with van der Waals surface area (Å²) >= 11 is 6.05. The number of hydrogen-bond donors (Lipinski definition) is 2. The Labute approximate surface area is 183 Å². The zero-order valence-electron chi connectivity index (χ0n) is 16.2. The third-order valence-electron chi connectivity index (χ3n) is 4.91. The van der Waals surface area contributed by atoms with Gasteiger partial charge >= 0.3 is 0 Å². The van der Waals surface area contributed by atoms with Crippen LogP contribution in [0.5, 0.6) is 0 Å². The molecular formula is C23H17ClN6O. The lowest BCUT2D eigenvalue weighted by molar-refractivity contribution is 0.102. The highest BCUT2D eigenvalue weighted by molar-refractivity contribution is 6.30. The van der Waals surface area contributed by atoms with E-state index < -0.39 is 0 Å². The lowest BCUT2D eigenvalue weighted by Crippen LogP contribution is -2.20. The fourth-order valence-corrected chi connectivity index (χ4v) is 3.53. The van der Waals surface area contributed by atoms with Gasteiger partial charge < -0.3 is 5.32 Å². The van der Waals surface area contributed by atoms with Crippen LogP contribution in [0.3, 0.4) is 0 Å². The van der Waals surface area contributed by atoms with Crippen LogP contribution in [0.25, 0.3) is 5.70 Å². The molecule has 1 aliphatic rings. The number of hydrogen-bond acceptors (Lipinski definition) is 5. The van der Waals surface area contributed by atoms with E-state index >= 15 is 0 Å². The molecule has 3 heterocycles. The lowest BCUT2D eigenvalue weighted by Gasteiger charge is -2.24. The molecule has 31 heavy (non-hydrogen) atoms. The normalized spacial score (nSPS) is 14.9. The van der Waals surface area contributed by atoms with E-state index in [0.29, 0.717) is 16.5 Å². The SMILES string of the molecule is O=C(Nc1nc2n(n1)C(c1ccccc1)C=C(c1ccc(Cl)cc1)N2)c1cccnc1. The number of amides is 1. The molecule has 1 aliphatic heterocycles. The van der Waals surface area contributed by atoms with Gasteiger partial charge in [-0.25, -0.2) is 4.68 Å². The van der Waals surface area contributed by atoms with Gasteiger partial charge in [-0.1, -0.05) is 54.1 Å². The zero-order valence-corrected chi connectivity index (χ0v) is 17.0. The van der Waals surface area contributed by atoms with E-state index in [4.69, 9.17) is 11.6 Å². The van der Waals surface area contributed by atoms with Gasteiger partial charge in [0.15, 0.2) is 0 Å². The number of anilines is 2. The zero-order chi connectivity index (χ0) is 21.2. The molecule has 0 spiro atoms. The highest BCUT2D eigenvalue weighted by atomic mass is 35.5. The molecule has 8 heteroatoms. The Hall–Kier alpha value is -3.97. The van der Waals surface area contributed by atoms with Crippen molar-refractivity contribution in [3.8, 4) is 0 Å². The number of pyridine rings is 1. The number of halogens is 1. The second-order valence-corrected chi connectivity index (χ2v) is 7.40. The number of fused-ring (bicyclic) bond motifs is 1. The first-order chi connectivity index (χ1) is 15.2. The Morgan fingerprint density at radius 1 is 1.03 bits per heavy atom. The summed E-state index contributed by atoms with van der Waals surface area (Å²) in [6, 6.07) is 20.8. The van der Waals surface area contributed by atoms with Gasteiger partial charge in [-0.15, -0.1) is 5.10 Å². The van der Waals surface area contributed by atoms with Gasteiger partial charge in [0, 0.05) is 23.1 Å². The maximum Gasteiger partial charge on any atom is 0.259 e. The molecule has 7 nitrogen and oxygen atoms in total. The fraction of sp³-hybridized carbons (Fsp3) is 0.0435. The summed E-state index contributed by atoms with van der Waals surface area (Å²) in [6.07, 6.45) is 5.19. The maximum atomic E-state index is 12.5. The van der Waals surface area contributed by atoms with Crippen molar-refractivity contribution in [3.63, 3.8) is 0 Å². The molecular weight excluding hydrogens is 412 g/mol. The summed E-state index contributed by atoms with van der Waals surface area (Å²) in [5.74, 6) is 0.420. The molecule has 0 bridgehead atoms. The highest BCUT2D eigenvalue weighted by Gasteiger charge is 2.25. The van der Waals surface area contributed by atoms with Gasteiger partial charge in [-0.3, -0.25) is 15.1 Å². The van der Waals surface area contributed by atoms with Gasteiger partial charge in [-0.05, 0) is 41.5 Å². The van der Waals surface area contributed by atoms with Crippen LogP contribution in [0.4, 0.5) is 11.9 Å². The summed E-state index contributed by atoms with van der Waals surface area (Å²) < 4.78 is 1.76. The number of allylic oxidation sites excluding steroid dienone is 1. The molecule has 2 N–H and O–H groups in total. The van der Waals surface area contributed by atoms with E-state index in [1.807, 2.05) is 54.6 Å². The highest BCUT2D eigenvalue weighted by Crippen LogP contribution is 2.33. The number of rotatable bonds is 4. The lowest BCUT2D eigenvalue weighted by atomic mass is 10.0. The predicted octanol–water partition coefficient (Wildman–Crippen LogP) is 4.63. The van der Waals surface area contributed by atoms with E-state index in [2.05, 4.69) is 31.8 Å². The molecule has 2 aromatic heterocycles. The monoisotopic (exact) mass is 428 g/mol. The summed E-state index contributed by atoms with van der Waals surface area (Å²) in [4.78, 5) is 21.0. The van der Waals surface area contributed by atoms with Crippen molar-refractivity contribution >= 4 is 35.1 Å². The van der Waals surface area contributed by atoms with E-state index in [1.54, 1.807) is 23.0 Å². The second kappa shape index (κ2) is 8.04. The molecule has 152 valence electrons. The summed E-state index contributed by atoms with van der Waals surface area (Å²) in [6.45, 7) is 0. The standard InChI is InChI=1S/C23H17ClN6O/c24-18-10-8-15(9-11-18)19-13-20(16-5-2-1-3-6-16)30-23(26-19)28-22(29-30)27-21(31)17-7-4-12-25-14-17/h1-14,20H,(H2,26,27,28,29,31). The minimum absolute atomic E-state index is 0.195. The topological polar surface area (TPSA) is 84.7 Å². The van der Waals surface area contributed by atoms with Crippen LogP contribution < -0.4 is 10.6 Å². The number of carbonyl (C=O) groups is 1. The quantitative estimate of drug-likeness (QED) is 0.495. The Balaban J connectivity index is 1.51. The van der Waals surface area contributed by atoms with Crippen LogP contribution in [0, 0.1) is 0 Å². The van der Waals surface area contributed by atoms with Crippen LogP contribution in [0.2, 0.25) is 5.02 Å². The first-order valence-electron chi connectivity index (χ1n) is 9.65. The molecule has 1 unspecified atom stereocenters. The van der Waals surface area contributed by atoms with Crippen molar-refractivity contribution in [3.05, 3.63) is 107 Å². The first-order valence-corrected chi connectivity index (χ1v) is 10.0. The predicted molar refractivity (Wildman–Crippen MR) is 120 cm³/mol. The minimum Gasteiger partial charge on any atom is -0.324 e. The summed E-state index contributed by atoms with van der Waals surface area (Å²) in [5, 5.41) is 11.3. The molecule has 1 amide bonds. The molecule has 0 fully saturated rings. The van der Waals surface area contributed by atoms with Gasteiger partial charge in [0.1, 0.15) is 6.04 Å². The third-order valence-corrected chi connectivity index (χ3v) is 5.16. The van der Waals surface area contributed by atoms with Crippen LogP contribution in [-0.2, 0) is 0 Å². The molecule has 2 aromatic carbocycles. The Bertz CT molecular complexity index is 1250. The van der Waals surface area contributed by atoms with Crippen LogP contribution in [-0.4, -0.2) is 25.7 Å². The second-order valence-electron chi connectivity index (χ2n) is 6.97. The van der Waals surface area contributed by atoms with E-state index in [-0.39, 0.29) is 17.9 Å². The average Bonchev–Trinajstić information content (AvgIpc) is 3.22. The summed E-state index contributed by atoms with van der Waals surface area (Å²) in [5.41, 5.74) is 3.34. The van der Waals surface area contributed by atoms with E-state index in [0.717, 1.165) is 16.8 Å². The number of benzene rings is 2. The maximum absolute atomic E-state index is 12.5. The van der Waals surface area contributed by atoms with Gasteiger partial charge in [-0.2, -0.15) is 4.98 Å². The molecule has 0 aliphatic carbocycles. The smallest absolute Gasteiger partial charge is 0.259 e. The summed E-state index contributed by atoms with van der Waals surface area (Å²) in [7, 11) is 0. The number of carbonyl (C=O) groups excluding carboxylic acids is 1. The number of aromatic nitrogens is 4. The molecule has 0 radical (unpaired) electrons. The minimum atomic E-state index is -0.321. The molecule has 4 aromatic rings.